The Morgan fingerprint density at radius 1 is 1.31 bits per heavy atom. The molecule has 0 aliphatic carbocycles. The predicted molar refractivity (Wildman–Crippen MR) is 66.1 cm³/mol. The molecule has 0 nitrogen and oxygen atoms in total. The third-order valence-corrected chi connectivity index (χ3v) is 18.6. The molecule has 74 valence electrons. The van der Waals surface area contributed by atoms with Crippen LogP contribution < -0.4 is 0 Å². The van der Waals surface area contributed by atoms with Gasteiger partial charge in [-0.2, -0.15) is 0 Å². The number of rotatable bonds is 2. The van der Waals surface area contributed by atoms with Crippen LogP contribution in [0.4, 0.5) is 0 Å². The van der Waals surface area contributed by atoms with E-state index >= 15 is 0 Å². The van der Waals surface area contributed by atoms with Gasteiger partial charge in [0.1, 0.15) is 0 Å². The van der Waals surface area contributed by atoms with Crippen LogP contribution in [0.1, 0.15) is 34.1 Å². The molecule has 0 bridgehead atoms. The van der Waals surface area contributed by atoms with Gasteiger partial charge in [-0.3, -0.25) is 0 Å². The molecular formula is C11H23BSn. The Morgan fingerprint density at radius 2 is 1.85 bits per heavy atom. The van der Waals surface area contributed by atoms with Crippen LogP contribution in [0.5, 0.6) is 0 Å². The summed E-state index contributed by atoms with van der Waals surface area (Å²) in [5.74, 6) is 0. The standard InChI is InChI=1S/C9H17B.2CH3.Sn/c1-5-8-9(4)10(6-2)7-3;;;/h6H,5,7H2,1-4H3;2*1H3;. The van der Waals surface area contributed by atoms with E-state index in [2.05, 4.69) is 37.6 Å². The van der Waals surface area contributed by atoms with Gasteiger partial charge in [-0.05, 0) is 0 Å². The number of hydrogen-bond acceptors (Lipinski definition) is 0. The zero-order valence-corrected chi connectivity index (χ0v) is 12.9. The van der Waals surface area contributed by atoms with Crippen LogP contribution in [-0.2, 0) is 0 Å². The zero-order valence-electron chi connectivity index (χ0n) is 10.1. The van der Waals surface area contributed by atoms with E-state index in [1.807, 2.05) is 3.59 Å². The molecule has 1 rings (SSSR count). The van der Waals surface area contributed by atoms with Crippen molar-refractivity contribution in [3.8, 4) is 0 Å². The van der Waals surface area contributed by atoms with Crippen LogP contribution >= 0.6 is 0 Å². The van der Waals surface area contributed by atoms with Crippen molar-refractivity contribution < 1.29 is 0 Å². The van der Waals surface area contributed by atoms with Crippen LogP contribution in [0.25, 0.3) is 0 Å². The predicted octanol–water partition coefficient (Wildman–Crippen LogP) is 3.96. The van der Waals surface area contributed by atoms with E-state index in [1.54, 1.807) is 5.47 Å². The average Bonchev–Trinajstić information content (AvgIpc) is 2.20. The van der Waals surface area contributed by atoms with Gasteiger partial charge in [-0.1, -0.05) is 0 Å². The second-order valence-electron chi connectivity index (χ2n) is 5.04. The second kappa shape index (κ2) is 4.00. The molecule has 0 N–H and O–H groups in total. The quantitative estimate of drug-likeness (QED) is 0.674. The number of hydrogen-bond donors (Lipinski definition) is 0. The molecule has 0 aromatic rings. The van der Waals surface area contributed by atoms with Crippen LogP contribution in [0, 0.1) is 0 Å². The summed E-state index contributed by atoms with van der Waals surface area (Å²) in [5, 5.41) is 0. The Morgan fingerprint density at radius 3 is 2.08 bits per heavy atom. The summed E-state index contributed by atoms with van der Waals surface area (Å²) in [7, 11) is 0. The summed E-state index contributed by atoms with van der Waals surface area (Å²) in [6.45, 7) is 10.5. The van der Waals surface area contributed by atoms with E-state index in [4.69, 9.17) is 0 Å². The summed E-state index contributed by atoms with van der Waals surface area (Å²) < 4.78 is 2.96. The topological polar surface area (TPSA) is 0 Å². The van der Waals surface area contributed by atoms with Crippen molar-refractivity contribution in [1.29, 1.82) is 0 Å². The summed E-state index contributed by atoms with van der Waals surface area (Å²) in [5.41, 5.74) is 1.78. The van der Waals surface area contributed by atoms with Crippen LogP contribution in [-0.4, -0.2) is 25.1 Å². The van der Waals surface area contributed by atoms with Crippen molar-refractivity contribution in [2.24, 2.45) is 0 Å². The van der Waals surface area contributed by atoms with Gasteiger partial charge in [0.2, 0.25) is 0 Å². The first kappa shape index (κ1) is 11.7. The molecule has 1 aliphatic rings. The van der Waals surface area contributed by atoms with Crippen molar-refractivity contribution in [3.63, 3.8) is 0 Å². The first-order valence-corrected chi connectivity index (χ1v) is 14.4. The Bertz CT molecular complexity index is 230. The third kappa shape index (κ3) is 1.73. The first-order valence-electron chi connectivity index (χ1n) is 5.66. The van der Waals surface area contributed by atoms with Crippen molar-refractivity contribution >= 4 is 25.1 Å². The average molecular weight is 285 g/mol. The van der Waals surface area contributed by atoms with Gasteiger partial charge in [0.25, 0.3) is 0 Å². The molecule has 1 atom stereocenters. The molecule has 0 amide bonds. The Labute approximate surface area is 88.1 Å². The molecule has 13 heavy (non-hydrogen) atoms. The zero-order chi connectivity index (χ0) is 10.2. The second-order valence-corrected chi connectivity index (χ2v) is 19.2. The Balaban J connectivity index is 3.06. The van der Waals surface area contributed by atoms with Gasteiger partial charge >= 0.3 is 88.3 Å². The van der Waals surface area contributed by atoms with Crippen molar-refractivity contribution in [3.05, 3.63) is 9.06 Å². The van der Waals surface area contributed by atoms with E-state index in [-0.39, 0.29) is 0 Å². The fraction of sp³-hybridized carbons (Fsp3) is 0.818. The SMILES string of the molecule is CCB1C(C)=[C](CC)[Sn]([CH3])([CH3])[CH]1C. The maximum atomic E-state index is 2.62. The van der Waals surface area contributed by atoms with E-state index < -0.39 is 18.4 Å². The van der Waals surface area contributed by atoms with E-state index in [0.29, 0.717) is 0 Å². The van der Waals surface area contributed by atoms with Gasteiger partial charge in [0, 0.05) is 0 Å². The number of allylic oxidation sites excluding steroid dienone is 2. The summed E-state index contributed by atoms with van der Waals surface area (Å²) in [6.07, 6.45) is 2.69. The first-order chi connectivity index (χ1) is 5.96. The summed E-state index contributed by atoms with van der Waals surface area (Å²) in [6, 6.07) is 0. The van der Waals surface area contributed by atoms with Gasteiger partial charge in [-0.15, -0.1) is 0 Å². The Kier molecular flexibility index (Phi) is 3.59. The van der Waals surface area contributed by atoms with E-state index in [9.17, 15) is 0 Å². The van der Waals surface area contributed by atoms with Crippen LogP contribution in [0.15, 0.2) is 9.06 Å². The molecule has 0 aromatic heterocycles. The molecule has 0 saturated carbocycles. The fourth-order valence-electron chi connectivity index (χ4n) is 3.28. The van der Waals surface area contributed by atoms with Gasteiger partial charge in [0.15, 0.2) is 0 Å². The summed E-state index contributed by atoms with van der Waals surface area (Å²) >= 11 is -1.80. The minimum absolute atomic E-state index is 0.931. The van der Waals surface area contributed by atoms with Crippen LogP contribution in [0.3, 0.4) is 0 Å². The fourth-order valence-corrected chi connectivity index (χ4v) is 15.1. The monoisotopic (exact) mass is 286 g/mol. The molecule has 1 unspecified atom stereocenters. The third-order valence-electron chi connectivity index (χ3n) is 4.35. The molecule has 2 heteroatoms. The van der Waals surface area contributed by atoms with Gasteiger partial charge in [-0.25, -0.2) is 0 Å². The molecule has 0 spiro atoms. The van der Waals surface area contributed by atoms with Gasteiger partial charge in [0.05, 0.1) is 0 Å². The van der Waals surface area contributed by atoms with Crippen molar-refractivity contribution in [2.45, 2.75) is 54.1 Å². The molecule has 0 saturated heterocycles. The molecule has 0 radical (unpaired) electrons. The normalized spacial score (nSPS) is 27.2. The maximum absolute atomic E-state index is 2.62. The minimum atomic E-state index is -1.80. The Hall–Kier alpha value is 0.604. The molecule has 0 fully saturated rings. The molecule has 1 aliphatic heterocycles. The molecule has 0 aromatic carbocycles. The van der Waals surface area contributed by atoms with Crippen molar-refractivity contribution in [2.75, 3.05) is 0 Å². The van der Waals surface area contributed by atoms with Crippen molar-refractivity contribution in [1.82, 2.24) is 0 Å². The van der Waals surface area contributed by atoms with E-state index in [0.717, 1.165) is 10.5 Å². The van der Waals surface area contributed by atoms with E-state index in [1.165, 1.54) is 12.7 Å². The molecule has 1 heterocycles. The molecular weight excluding hydrogens is 262 g/mol. The summed E-state index contributed by atoms with van der Waals surface area (Å²) in [4.78, 5) is 5.24. The van der Waals surface area contributed by atoms with Gasteiger partial charge < -0.3 is 0 Å². The van der Waals surface area contributed by atoms with Crippen LogP contribution in [0.2, 0.25) is 20.0 Å².